The van der Waals surface area contributed by atoms with Crippen molar-refractivity contribution in [3.63, 3.8) is 0 Å². The van der Waals surface area contributed by atoms with Crippen LogP contribution in [0.2, 0.25) is 0 Å². The molecule has 1 rings (SSSR count). The summed E-state index contributed by atoms with van der Waals surface area (Å²) in [5.41, 5.74) is 0.453. The predicted octanol–water partition coefficient (Wildman–Crippen LogP) is 2.14. The van der Waals surface area contributed by atoms with Crippen molar-refractivity contribution in [2.24, 2.45) is 0 Å². The van der Waals surface area contributed by atoms with Crippen molar-refractivity contribution in [3.05, 3.63) is 29.8 Å². The van der Waals surface area contributed by atoms with E-state index in [1.807, 2.05) is 6.92 Å². The molecular formula is C25H42O11S. The maximum atomic E-state index is 12.0. The Hall–Kier alpha value is -1.64. The number of aryl methyl sites for hydroxylation is 1. The predicted molar refractivity (Wildman–Crippen MR) is 135 cm³/mol. The van der Waals surface area contributed by atoms with Gasteiger partial charge in [-0.25, -0.2) is 4.79 Å². The zero-order chi connectivity index (χ0) is 27.4. The molecule has 0 aliphatic rings. The number of ether oxygens (including phenoxy) is 7. The van der Waals surface area contributed by atoms with Crippen LogP contribution >= 0.6 is 0 Å². The molecule has 0 bridgehead atoms. The second-order valence-electron chi connectivity index (χ2n) is 8.79. The molecule has 0 spiro atoms. The van der Waals surface area contributed by atoms with E-state index in [2.05, 4.69) is 0 Å². The minimum absolute atomic E-state index is 0.0633. The Morgan fingerprint density at radius 2 is 1.03 bits per heavy atom. The summed E-state index contributed by atoms with van der Waals surface area (Å²) < 4.78 is 66.2. The molecule has 1 aromatic carbocycles. The first-order chi connectivity index (χ1) is 17.6. The Kier molecular flexibility index (Phi) is 17.5. The second kappa shape index (κ2) is 19.4. The molecule has 0 atom stereocenters. The van der Waals surface area contributed by atoms with Gasteiger partial charge in [0.05, 0.1) is 84.2 Å². The SMILES string of the molecule is Cc1ccc(S(=O)(=O)OCCOCCOCCOCCOCCOCCOCC(=O)OC(C)(C)C)cc1. The molecule has 0 N–H and O–H groups in total. The summed E-state index contributed by atoms with van der Waals surface area (Å²) in [5.74, 6) is -0.399. The highest BCUT2D eigenvalue weighted by atomic mass is 32.2. The van der Waals surface area contributed by atoms with Gasteiger partial charge < -0.3 is 33.2 Å². The standard InChI is InChI=1S/C25H42O11S/c1-22-5-7-23(8-6-22)37(27,28)35-20-19-33-16-15-31-12-11-29-9-10-30-13-14-32-17-18-34-21-24(26)36-25(2,3)4/h5-8H,9-21H2,1-4H3. The molecule has 0 saturated heterocycles. The van der Waals surface area contributed by atoms with Crippen LogP contribution in [-0.2, 0) is 52.3 Å². The van der Waals surface area contributed by atoms with Crippen LogP contribution in [0, 0.1) is 6.92 Å². The van der Waals surface area contributed by atoms with E-state index in [4.69, 9.17) is 37.3 Å². The summed E-state index contributed by atoms with van der Waals surface area (Å²) >= 11 is 0. The number of carbonyl (C=O) groups is 1. The lowest BCUT2D eigenvalue weighted by atomic mass is 10.2. The van der Waals surface area contributed by atoms with E-state index in [9.17, 15) is 13.2 Å². The molecule has 0 amide bonds. The molecular weight excluding hydrogens is 508 g/mol. The molecule has 0 unspecified atom stereocenters. The third-order valence-corrected chi connectivity index (χ3v) is 5.60. The van der Waals surface area contributed by atoms with Crippen LogP contribution in [0.4, 0.5) is 0 Å². The molecule has 0 radical (unpaired) electrons. The van der Waals surface area contributed by atoms with Gasteiger partial charge in [-0.3, -0.25) is 4.18 Å². The van der Waals surface area contributed by atoms with Crippen molar-refractivity contribution in [1.82, 2.24) is 0 Å². The molecule has 214 valence electrons. The van der Waals surface area contributed by atoms with E-state index in [0.717, 1.165) is 5.56 Å². The van der Waals surface area contributed by atoms with Crippen molar-refractivity contribution >= 4 is 16.1 Å². The normalized spacial score (nSPS) is 12.1. The van der Waals surface area contributed by atoms with Crippen LogP contribution in [0.15, 0.2) is 29.2 Å². The first-order valence-corrected chi connectivity index (χ1v) is 13.7. The number of carbonyl (C=O) groups excluding carboxylic acids is 1. The van der Waals surface area contributed by atoms with Gasteiger partial charge in [-0.1, -0.05) is 17.7 Å². The van der Waals surface area contributed by atoms with Gasteiger partial charge in [0.25, 0.3) is 10.1 Å². The molecule has 0 saturated carbocycles. The van der Waals surface area contributed by atoms with Crippen LogP contribution in [0.25, 0.3) is 0 Å². The topological polar surface area (TPSA) is 125 Å². The zero-order valence-electron chi connectivity index (χ0n) is 22.4. The second-order valence-corrected chi connectivity index (χ2v) is 10.4. The van der Waals surface area contributed by atoms with Gasteiger partial charge >= 0.3 is 5.97 Å². The van der Waals surface area contributed by atoms with E-state index in [1.165, 1.54) is 12.1 Å². The fraction of sp³-hybridized carbons (Fsp3) is 0.720. The highest BCUT2D eigenvalue weighted by Crippen LogP contribution is 2.13. The summed E-state index contributed by atoms with van der Waals surface area (Å²) in [7, 11) is -3.77. The van der Waals surface area contributed by atoms with Crippen LogP contribution in [0.1, 0.15) is 26.3 Å². The quantitative estimate of drug-likeness (QED) is 0.120. The smallest absolute Gasteiger partial charge is 0.332 e. The highest BCUT2D eigenvalue weighted by molar-refractivity contribution is 7.86. The number of hydrogen-bond donors (Lipinski definition) is 0. The average molecular weight is 551 g/mol. The largest absolute Gasteiger partial charge is 0.458 e. The fourth-order valence-corrected chi connectivity index (χ4v) is 3.49. The lowest BCUT2D eigenvalue weighted by molar-refractivity contribution is -0.160. The van der Waals surface area contributed by atoms with Gasteiger partial charge in [0.15, 0.2) is 0 Å². The van der Waals surface area contributed by atoms with Crippen LogP contribution in [-0.4, -0.2) is 106 Å². The van der Waals surface area contributed by atoms with Crippen LogP contribution in [0.3, 0.4) is 0 Å². The number of benzene rings is 1. The van der Waals surface area contributed by atoms with E-state index in [-0.39, 0.29) is 24.7 Å². The van der Waals surface area contributed by atoms with Crippen molar-refractivity contribution in [3.8, 4) is 0 Å². The van der Waals surface area contributed by atoms with E-state index >= 15 is 0 Å². The molecule has 37 heavy (non-hydrogen) atoms. The maximum absolute atomic E-state index is 12.0. The summed E-state index contributed by atoms with van der Waals surface area (Å²) in [6.07, 6.45) is 0. The molecule has 1 aromatic rings. The van der Waals surface area contributed by atoms with Crippen molar-refractivity contribution < 1.29 is 50.6 Å². The van der Waals surface area contributed by atoms with E-state index in [1.54, 1.807) is 32.9 Å². The van der Waals surface area contributed by atoms with Gasteiger partial charge in [-0.15, -0.1) is 0 Å². The van der Waals surface area contributed by atoms with Gasteiger partial charge in [-0.2, -0.15) is 8.42 Å². The Balaban J connectivity index is 1.80. The van der Waals surface area contributed by atoms with Crippen molar-refractivity contribution in [2.45, 2.75) is 38.2 Å². The molecule has 0 aromatic heterocycles. The van der Waals surface area contributed by atoms with Crippen LogP contribution < -0.4 is 0 Å². The number of hydrogen-bond acceptors (Lipinski definition) is 11. The summed E-state index contributed by atoms with van der Waals surface area (Å²) in [5, 5.41) is 0. The Morgan fingerprint density at radius 3 is 1.43 bits per heavy atom. The summed E-state index contributed by atoms with van der Waals surface area (Å²) in [6.45, 7) is 11.2. The highest BCUT2D eigenvalue weighted by Gasteiger charge is 2.16. The van der Waals surface area contributed by atoms with Gasteiger partial charge in [-0.05, 0) is 39.8 Å². The molecule has 0 heterocycles. The maximum Gasteiger partial charge on any atom is 0.332 e. The Morgan fingerprint density at radius 1 is 0.649 bits per heavy atom. The summed E-state index contributed by atoms with van der Waals surface area (Å²) in [6, 6.07) is 6.46. The lowest BCUT2D eigenvalue weighted by Gasteiger charge is -2.19. The first kappa shape index (κ1) is 33.4. The molecule has 0 fully saturated rings. The van der Waals surface area contributed by atoms with Crippen molar-refractivity contribution in [2.75, 3.05) is 85.9 Å². The monoisotopic (exact) mass is 550 g/mol. The fourth-order valence-electron chi connectivity index (χ4n) is 2.60. The van der Waals surface area contributed by atoms with Gasteiger partial charge in [0.2, 0.25) is 0 Å². The molecule has 0 aliphatic carbocycles. The van der Waals surface area contributed by atoms with Gasteiger partial charge in [0.1, 0.15) is 12.2 Å². The third kappa shape index (κ3) is 19.1. The minimum atomic E-state index is -3.77. The van der Waals surface area contributed by atoms with Crippen molar-refractivity contribution in [1.29, 1.82) is 0 Å². The first-order valence-electron chi connectivity index (χ1n) is 12.2. The third-order valence-electron chi connectivity index (χ3n) is 4.28. The zero-order valence-corrected chi connectivity index (χ0v) is 23.2. The molecule has 12 heteroatoms. The van der Waals surface area contributed by atoms with E-state index < -0.39 is 21.7 Å². The Bertz CT molecular complexity index is 820. The average Bonchev–Trinajstić information content (AvgIpc) is 2.82. The Labute approximate surface area is 220 Å². The molecule has 11 nitrogen and oxygen atoms in total. The van der Waals surface area contributed by atoms with Gasteiger partial charge in [0, 0.05) is 0 Å². The lowest BCUT2D eigenvalue weighted by Crippen LogP contribution is -2.27. The molecule has 0 aliphatic heterocycles. The minimum Gasteiger partial charge on any atom is -0.458 e. The van der Waals surface area contributed by atoms with Crippen LogP contribution in [0.5, 0.6) is 0 Å². The number of esters is 1. The summed E-state index contributed by atoms with van der Waals surface area (Å²) in [4.78, 5) is 11.6. The number of rotatable bonds is 22. The van der Waals surface area contributed by atoms with E-state index in [0.29, 0.717) is 66.1 Å².